The Labute approximate surface area is 94.4 Å². The van der Waals surface area contributed by atoms with E-state index in [4.69, 9.17) is 5.73 Å². The zero-order chi connectivity index (χ0) is 11.0. The van der Waals surface area contributed by atoms with E-state index in [-0.39, 0.29) is 5.95 Å². The van der Waals surface area contributed by atoms with Gasteiger partial charge in [-0.3, -0.25) is 0 Å². The molecule has 2 N–H and O–H groups in total. The third kappa shape index (κ3) is 1.84. The van der Waals surface area contributed by atoms with E-state index in [9.17, 15) is 0 Å². The number of nitrogens with zero attached hydrogens (tertiary/aromatic N) is 6. The van der Waals surface area contributed by atoms with Crippen molar-refractivity contribution < 1.29 is 0 Å². The average molecular weight is 272 g/mol. The van der Waals surface area contributed by atoms with Gasteiger partial charge in [0.2, 0.25) is 5.95 Å². The molecule has 0 unspecified atom stereocenters. The maximum atomic E-state index is 5.46. The van der Waals surface area contributed by atoms with Gasteiger partial charge < -0.3 is 10.3 Å². The van der Waals surface area contributed by atoms with E-state index in [1.807, 2.05) is 18.5 Å². The second-order valence-electron chi connectivity index (χ2n) is 3.12. The fraction of sp³-hybridized carbons (Fsp3) is 0.429. The molecule has 0 atom stereocenters. The molecule has 0 radical (unpaired) electrons. The van der Waals surface area contributed by atoms with Crippen molar-refractivity contribution in [1.29, 1.82) is 0 Å². The summed E-state index contributed by atoms with van der Waals surface area (Å²) in [5.41, 5.74) is 5.46. The number of hydrogen-bond donors (Lipinski definition) is 1. The van der Waals surface area contributed by atoms with Crippen LogP contribution < -0.4 is 5.73 Å². The van der Waals surface area contributed by atoms with Crippen LogP contribution in [0.15, 0.2) is 4.73 Å². The zero-order valence-corrected chi connectivity index (χ0v) is 9.93. The summed E-state index contributed by atoms with van der Waals surface area (Å²) in [7, 11) is 1.90. The third-order valence-corrected chi connectivity index (χ3v) is 2.70. The molecule has 80 valence electrons. The van der Waals surface area contributed by atoms with Gasteiger partial charge in [-0.05, 0) is 22.9 Å². The van der Waals surface area contributed by atoms with Crippen LogP contribution in [0.5, 0.6) is 0 Å². The van der Waals surface area contributed by atoms with Gasteiger partial charge in [0.1, 0.15) is 12.4 Å². The maximum Gasteiger partial charge on any atom is 0.240 e. The van der Waals surface area contributed by atoms with Crippen LogP contribution in [0.25, 0.3) is 0 Å². The van der Waals surface area contributed by atoms with E-state index >= 15 is 0 Å². The van der Waals surface area contributed by atoms with Crippen LogP contribution in [0.2, 0.25) is 0 Å². The molecule has 2 rings (SSSR count). The number of anilines is 1. The molecule has 8 heteroatoms. The first kappa shape index (κ1) is 10.1. The smallest absolute Gasteiger partial charge is 0.240 e. The van der Waals surface area contributed by atoms with Gasteiger partial charge >= 0.3 is 0 Å². The summed E-state index contributed by atoms with van der Waals surface area (Å²) in [6.45, 7) is 2.38. The second-order valence-corrected chi connectivity index (χ2v) is 3.83. The molecule has 0 amide bonds. The van der Waals surface area contributed by atoms with Gasteiger partial charge in [0.05, 0.1) is 0 Å². The van der Waals surface area contributed by atoms with E-state index < -0.39 is 0 Å². The molecule has 2 aromatic heterocycles. The Kier molecular flexibility index (Phi) is 2.43. The zero-order valence-electron chi connectivity index (χ0n) is 8.35. The minimum absolute atomic E-state index is 0.237. The van der Waals surface area contributed by atoms with E-state index in [0.29, 0.717) is 11.3 Å². The highest BCUT2D eigenvalue weighted by Crippen LogP contribution is 2.10. The van der Waals surface area contributed by atoms with E-state index in [1.54, 1.807) is 4.68 Å². The van der Waals surface area contributed by atoms with Crippen molar-refractivity contribution in [3.05, 3.63) is 16.4 Å². The van der Waals surface area contributed by atoms with Gasteiger partial charge in [0.15, 0.2) is 10.6 Å². The average Bonchev–Trinajstić information content (AvgIpc) is 2.64. The van der Waals surface area contributed by atoms with Crippen LogP contribution >= 0.6 is 15.9 Å². The summed E-state index contributed by atoms with van der Waals surface area (Å²) in [6, 6.07) is 0. The molecule has 7 nitrogen and oxygen atoms in total. The molecular weight excluding hydrogens is 262 g/mol. The first-order valence-corrected chi connectivity index (χ1v) is 5.08. The molecule has 0 saturated heterocycles. The van der Waals surface area contributed by atoms with Crippen molar-refractivity contribution >= 4 is 21.9 Å². The largest absolute Gasteiger partial charge is 0.366 e. The maximum absolute atomic E-state index is 5.46. The molecule has 2 heterocycles. The van der Waals surface area contributed by atoms with Crippen molar-refractivity contribution in [3.63, 3.8) is 0 Å². The normalized spacial score (nSPS) is 10.9. The van der Waals surface area contributed by atoms with Gasteiger partial charge in [0, 0.05) is 7.05 Å². The third-order valence-electron chi connectivity index (χ3n) is 2.12. The van der Waals surface area contributed by atoms with Gasteiger partial charge in [-0.15, -0.1) is 15.3 Å². The fourth-order valence-electron chi connectivity index (χ4n) is 1.16. The molecule has 0 aliphatic rings. The van der Waals surface area contributed by atoms with Gasteiger partial charge in [-0.2, -0.15) is 4.98 Å². The van der Waals surface area contributed by atoms with Crippen molar-refractivity contribution in [2.24, 2.45) is 7.05 Å². The Hall–Kier alpha value is -1.44. The lowest BCUT2D eigenvalue weighted by Gasteiger charge is -2.01. The SMILES string of the molecule is Cc1nnc(Cn2nc(N)nc2Br)n1C. The lowest BCUT2D eigenvalue weighted by molar-refractivity contribution is 0.615. The van der Waals surface area contributed by atoms with Gasteiger partial charge in [0.25, 0.3) is 0 Å². The molecule has 0 aliphatic heterocycles. The highest BCUT2D eigenvalue weighted by molar-refractivity contribution is 9.10. The first-order valence-electron chi connectivity index (χ1n) is 4.28. The van der Waals surface area contributed by atoms with E-state index in [2.05, 4.69) is 36.2 Å². The second kappa shape index (κ2) is 3.61. The summed E-state index contributed by atoms with van der Waals surface area (Å²) < 4.78 is 4.10. The van der Waals surface area contributed by atoms with Crippen LogP contribution in [0, 0.1) is 6.92 Å². The topological polar surface area (TPSA) is 87.4 Å². The van der Waals surface area contributed by atoms with E-state index in [0.717, 1.165) is 11.6 Å². The summed E-state index contributed by atoms with van der Waals surface area (Å²) >= 11 is 3.26. The number of nitrogen functional groups attached to an aromatic ring is 1. The fourth-order valence-corrected chi connectivity index (χ4v) is 1.55. The first-order chi connectivity index (χ1) is 7.08. The lowest BCUT2D eigenvalue weighted by Crippen LogP contribution is -2.08. The van der Waals surface area contributed by atoms with Gasteiger partial charge in [-0.1, -0.05) is 0 Å². The highest BCUT2D eigenvalue weighted by atomic mass is 79.9. The molecule has 0 bridgehead atoms. The molecule has 0 fully saturated rings. The molecule has 0 aliphatic carbocycles. The highest BCUT2D eigenvalue weighted by Gasteiger charge is 2.10. The van der Waals surface area contributed by atoms with Gasteiger partial charge in [-0.25, -0.2) is 4.68 Å². The molecule has 0 aromatic carbocycles. The van der Waals surface area contributed by atoms with Crippen molar-refractivity contribution in [1.82, 2.24) is 29.5 Å². The van der Waals surface area contributed by atoms with Crippen LogP contribution in [0.4, 0.5) is 5.95 Å². The summed E-state index contributed by atoms with van der Waals surface area (Å²) in [5.74, 6) is 1.90. The molecule has 2 aromatic rings. The van der Waals surface area contributed by atoms with Crippen LogP contribution in [-0.2, 0) is 13.6 Å². The van der Waals surface area contributed by atoms with Crippen LogP contribution in [0.1, 0.15) is 11.6 Å². The number of hydrogen-bond acceptors (Lipinski definition) is 5. The Morgan fingerprint density at radius 3 is 2.60 bits per heavy atom. The predicted octanol–water partition coefficient (Wildman–Crippen LogP) is 0.108. The Morgan fingerprint density at radius 1 is 1.40 bits per heavy atom. The molecule has 0 spiro atoms. The van der Waals surface area contributed by atoms with E-state index in [1.165, 1.54) is 0 Å². The number of nitrogens with two attached hydrogens (primary N) is 1. The minimum Gasteiger partial charge on any atom is -0.366 e. The molecule has 0 saturated carbocycles. The summed E-state index contributed by atoms with van der Waals surface area (Å²) in [4.78, 5) is 3.93. The Balaban J connectivity index is 2.29. The minimum atomic E-state index is 0.237. The predicted molar refractivity (Wildman–Crippen MR) is 57.0 cm³/mol. The number of halogens is 1. The Morgan fingerprint density at radius 2 is 2.13 bits per heavy atom. The van der Waals surface area contributed by atoms with Crippen molar-refractivity contribution in [2.75, 3.05) is 5.73 Å². The quantitative estimate of drug-likeness (QED) is 0.838. The Bertz CT molecular complexity index is 485. The van der Waals surface area contributed by atoms with Crippen molar-refractivity contribution in [2.45, 2.75) is 13.5 Å². The number of rotatable bonds is 2. The molecular formula is C7H10BrN7. The summed E-state index contributed by atoms with van der Waals surface area (Å²) in [5, 5.41) is 12.0. The monoisotopic (exact) mass is 271 g/mol. The standard InChI is InChI=1S/C7H10BrN7/c1-4-11-12-5(14(4)2)3-15-6(8)10-7(9)13-15/h3H2,1-2H3,(H2,9,13). The summed E-state index contributed by atoms with van der Waals surface area (Å²) in [6.07, 6.45) is 0. The number of aromatic nitrogens is 6. The number of aryl methyl sites for hydroxylation is 1. The van der Waals surface area contributed by atoms with Crippen molar-refractivity contribution in [3.8, 4) is 0 Å². The molecule has 15 heavy (non-hydrogen) atoms. The van der Waals surface area contributed by atoms with Crippen LogP contribution in [0.3, 0.4) is 0 Å². The lowest BCUT2D eigenvalue weighted by atomic mass is 10.5. The van der Waals surface area contributed by atoms with Crippen LogP contribution in [-0.4, -0.2) is 29.5 Å².